The van der Waals surface area contributed by atoms with Gasteiger partial charge >= 0.3 is 0 Å². The van der Waals surface area contributed by atoms with E-state index in [2.05, 4.69) is 29.6 Å². The highest BCUT2D eigenvalue weighted by Gasteiger charge is 2.29. The first-order valence-electron chi connectivity index (χ1n) is 6.88. The molecule has 2 aromatic rings. The van der Waals surface area contributed by atoms with Crippen molar-refractivity contribution >= 4 is 23.2 Å². The lowest BCUT2D eigenvalue weighted by molar-refractivity contribution is 0.397. The first-order chi connectivity index (χ1) is 9.69. The molecule has 20 heavy (non-hydrogen) atoms. The van der Waals surface area contributed by atoms with Gasteiger partial charge in [0.2, 0.25) is 0 Å². The summed E-state index contributed by atoms with van der Waals surface area (Å²) < 4.78 is 0. The van der Waals surface area contributed by atoms with Gasteiger partial charge in [0.05, 0.1) is 0 Å². The smallest absolute Gasteiger partial charge is 0.0468 e. The Morgan fingerprint density at radius 1 is 1.05 bits per heavy atom. The van der Waals surface area contributed by atoms with Gasteiger partial charge in [0, 0.05) is 16.1 Å². The van der Waals surface area contributed by atoms with Crippen LogP contribution in [0.25, 0.3) is 0 Å². The summed E-state index contributed by atoms with van der Waals surface area (Å²) in [5.74, 6) is 0.538. The Morgan fingerprint density at radius 2 is 1.70 bits per heavy atom. The molecule has 1 nitrogen and oxygen atoms in total. The van der Waals surface area contributed by atoms with E-state index in [1.165, 1.54) is 11.1 Å². The Kier molecular flexibility index (Phi) is 4.02. The van der Waals surface area contributed by atoms with Crippen LogP contribution >= 0.6 is 23.2 Å². The minimum absolute atomic E-state index is 0.257. The first-order valence-corrected chi connectivity index (χ1v) is 7.63. The van der Waals surface area contributed by atoms with Gasteiger partial charge in [0.1, 0.15) is 0 Å². The zero-order valence-corrected chi connectivity index (χ0v) is 12.9. The van der Waals surface area contributed by atoms with Gasteiger partial charge < -0.3 is 5.32 Å². The molecule has 0 saturated carbocycles. The topological polar surface area (TPSA) is 12.0 Å². The maximum atomic E-state index is 6.37. The molecule has 0 amide bonds. The fourth-order valence-electron chi connectivity index (χ4n) is 3.23. The van der Waals surface area contributed by atoms with Crippen molar-refractivity contribution in [3.8, 4) is 0 Å². The SMILES string of the molecule is CNC(c1ccc(Cl)cc1Cl)C1Cc2ccccc2C1. The summed E-state index contributed by atoms with van der Waals surface area (Å²) >= 11 is 12.4. The molecular formula is C17H17Cl2N. The number of nitrogens with one attached hydrogen (secondary N) is 1. The van der Waals surface area contributed by atoms with Crippen molar-refractivity contribution in [1.29, 1.82) is 0 Å². The third-order valence-corrected chi connectivity index (χ3v) is 4.72. The Balaban J connectivity index is 1.89. The third kappa shape index (κ3) is 2.58. The van der Waals surface area contributed by atoms with E-state index < -0.39 is 0 Å². The molecule has 0 aromatic heterocycles. The van der Waals surface area contributed by atoms with Crippen molar-refractivity contribution < 1.29 is 0 Å². The molecule has 1 aliphatic carbocycles. The second-order valence-corrected chi connectivity index (χ2v) is 6.21. The standard InChI is InChI=1S/C17H17Cl2N/c1-20-17(15-7-6-14(18)10-16(15)19)13-8-11-4-2-3-5-12(11)9-13/h2-7,10,13,17,20H,8-9H2,1H3. The van der Waals surface area contributed by atoms with E-state index >= 15 is 0 Å². The van der Waals surface area contributed by atoms with E-state index in [-0.39, 0.29) is 6.04 Å². The van der Waals surface area contributed by atoms with E-state index in [1.807, 2.05) is 25.2 Å². The molecule has 0 radical (unpaired) electrons. The van der Waals surface area contributed by atoms with Crippen LogP contribution in [0.3, 0.4) is 0 Å². The van der Waals surface area contributed by atoms with Gasteiger partial charge in [0.25, 0.3) is 0 Å². The van der Waals surface area contributed by atoms with Crippen LogP contribution in [0.4, 0.5) is 0 Å². The van der Waals surface area contributed by atoms with Crippen molar-refractivity contribution in [2.45, 2.75) is 18.9 Å². The second-order valence-electron chi connectivity index (χ2n) is 5.37. The molecule has 2 aromatic carbocycles. The highest BCUT2D eigenvalue weighted by Crippen LogP contribution is 2.37. The molecule has 1 N–H and O–H groups in total. The van der Waals surface area contributed by atoms with Crippen LogP contribution in [0, 0.1) is 5.92 Å². The molecule has 0 heterocycles. The van der Waals surface area contributed by atoms with Crippen LogP contribution in [0.2, 0.25) is 10.0 Å². The van der Waals surface area contributed by atoms with E-state index in [0.29, 0.717) is 10.9 Å². The zero-order chi connectivity index (χ0) is 14.1. The highest BCUT2D eigenvalue weighted by molar-refractivity contribution is 6.35. The molecule has 104 valence electrons. The molecule has 0 spiro atoms. The van der Waals surface area contributed by atoms with Gasteiger partial charge in [-0.15, -0.1) is 0 Å². The number of halogens is 2. The molecule has 0 saturated heterocycles. The molecular weight excluding hydrogens is 289 g/mol. The monoisotopic (exact) mass is 305 g/mol. The van der Waals surface area contributed by atoms with Gasteiger partial charge in [-0.1, -0.05) is 53.5 Å². The van der Waals surface area contributed by atoms with Crippen LogP contribution in [-0.4, -0.2) is 7.05 Å². The normalized spacial score (nSPS) is 16.1. The Labute approximate surface area is 129 Å². The predicted octanol–water partition coefficient (Wildman–Crippen LogP) is 4.67. The number of fused-ring (bicyclic) bond motifs is 1. The molecule has 1 unspecified atom stereocenters. The van der Waals surface area contributed by atoms with Crippen LogP contribution in [-0.2, 0) is 12.8 Å². The van der Waals surface area contributed by atoms with Gasteiger partial charge in [0.15, 0.2) is 0 Å². The molecule has 0 bridgehead atoms. The maximum Gasteiger partial charge on any atom is 0.0468 e. The molecule has 3 heteroatoms. The molecule has 1 aliphatic rings. The van der Waals surface area contributed by atoms with E-state index in [4.69, 9.17) is 23.2 Å². The lowest BCUT2D eigenvalue weighted by atomic mass is 9.90. The number of benzene rings is 2. The van der Waals surface area contributed by atoms with Crippen LogP contribution in [0.1, 0.15) is 22.7 Å². The highest BCUT2D eigenvalue weighted by atomic mass is 35.5. The summed E-state index contributed by atoms with van der Waals surface area (Å²) in [5, 5.41) is 4.85. The molecule has 3 rings (SSSR count). The summed E-state index contributed by atoms with van der Waals surface area (Å²) in [4.78, 5) is 0. The molecule has 1 atom stereocenters. The van der Waals surface area contributed by atoms with Crippen molar-refractivity contribution in [1.82, 2.24) is 5.32 Å². The van der Waals surface area contributed by atoms with Crippen LogP contribution in [0.5, 0.6) is 0 Å². The summed E-state index contributed by atoms with van der Waals surface area (Å²) in [6, 6.07) is 14.7. The Morgan fingerprint density at radius 3 is 2.25 bits per heavy atom. The fourth-order valence-corrected chi connectivity index (χ4v) is 3.75. The summed E-state index contributed by atoms with van der Waals surface area (Å²) in [5.41, 5.74) is 4.06. The predicted molar refractivity (Wildman–Crippen MR) is 85.6 cm³/mol. The maximum absolute atomic E-state index is 6.37. The number of hydrogen-bond acceptors (Lipinski definition) is 1. The summed E-state index contributed by atoms with van der Waals surface area (Å²) in [6.45, 7) is 0. The van der Waals surface area contributed by atoms with E-state index in [0.717, 1.165) is 23.4 Å². The third-order valence-electron chi connectivity index (χ3n) is 4.16. The molecule has 0 aliphatic heterocycles. The van der Waals surface area contributed by atoms with Gasteiger partial charge in [-0.3, -0.25) is 0 Å². The van der Waals surface area contributed by atoms with Crippen molar-refractivity contribution in [3.05, 3.63) is 69.2 Å². The van der Waals surface area contributed by atoms with Crippen LogP contribution < -0.4 is 5.32 Å². The Hall–Kier alpha value is -1.02. The minimum atomic E-state index is 0.257. The largest absolute Gasteiger partial charge is 0.313 e. The summed E-state index contributed by atoms with van der Waals surface area (Å²) in [6.07, 6.45) is 2.20. The van der Waals surface area contributed by atoms with Gasteiger partial charge in [-0.25, -0.2) is 0 Å². The average molecular weight is 306 g/mol. The van der Waals surface area contributed by atoms with Crippen molar-refractivity contribution in [3.63, 3.8) is 0 Å². The second kappa shape index (κ2) is 5.77. The van der Waals surface area contributed by atoms with E-state index in [1.54, 1.807) is 0 Å². The first kappa shape index (κ1) is 13.9. The van der Waals surface area contributed by atoms with Crippen LogP contribution in [0.15, 0.2) is 42.5 Å². The average Bonchev–Trinajstić information content (AvgIpc) is 2.85. The minimum Gasteiger partial charge on any atom is -0.313 e. The van der Waals surface area contributed by atoms with Gasteiger partial charge in [-0.05, 0) is 54.6 Å². The number of hydrogen-bond donors (Lipinski definition) is 1. The van der Waals surface area contributed by atoms with Crippen molar-refractivity contribution in [2.75, 3.05) is 7.05 Å². The fraction of sp³-hybridized carbons (Fsp3) is 0.294. The number of rotatable bonds is 3. The lowest BCUT2D eigenvalue weighted by Gasteiger charge is -2.24. The van der Waals surface area contributed by atoms with Crippen molar-refractivity contribution in [2.24, 2.45) is 5.92 Å². The quantitative estimate of drug-likeness (QED) is 0.869. The zero-order valence-electron chi connectivity index (χ0n) is 11.4. The van der Waals surface area contributed by atoms with Gasteiger partial charge in [-0.2, -0.15) is 0 Å². The molecule has 0 fully saturated rings. The summed E-state index contributed by atoms with van der Waals surface area (Å²) in [7, 11) is 2.00. The lowest BCUT2D eigenvalue weighted by Crippen LogP contribution is -2.26. The Bertz CT molecular complexity index is 599. The van der Waals surface area contributed by atoms with E-state index in [9.17, 15) is 0 Å².